The Morgan fingerprint density at radius 1 is 0.944 bits per heavy atom. The van der Waals surface area contributed by atoms with Crippen molar-refractivity contribution in [3.63, 3.8) is 0 Å². The highest BCUT2D eigenvalue weighted by atomic mass is 31.2. The lowest BCUT2D eigenvalue weighted by Crippen LogP contribution is -2.38. The molecule has 188 valence electrons. The molecule has 2 bridgehead atoms. The van der Waals surface area contributed by atoms with Gasteiger partial charge in [-0.3, -0.25) is 0 Å². The lowest BCUT2D eigenvalue weighted by Gasteiger charge is -2.27. The number of rotatable bonds is 7. The number of anilines is 1. The molecule has 0 radical (unpaired) electrons. The van der Waals surface area contributed by atoms with E-state index in [9.17, 15) is 13.8 Å². The smallest absolute Gasteiger partial charge is 0.424 e. The summed E-state index contributed by atoms with van der Waals surface area (Å²) >= 11 is 0. The second-order valence-corrected chi connectivity index (χ2v) is 9.57. The zero-order valence-electron chi connectivity index (χ0n) is 19.5. The zero-order valence-corrected chi connectivity index (χ0v) is 20.4. The summed E-state index contributed by atoms with van der Waals surface area (Å²) in [6, 6.07) is 16.3. The van der Waals surface area contributed by atoms with Gasteiger partial charge in [0, 0.05) is 29.4 Å². The Bertz CT molecular complexity index is 1320. The van der Waals surface area contributed by atoms with Gasteiger partial charge in [-0.1, -0.05) is 24.3 Å². The predicted octanol–water partition coefficient (Wildman–Crippen LogP) is 5.69. The molecule has 9 nitrogen and oxygen atoms in total. The fourth-order valence-electron chi connectivity index (χ4n) is 4.53. The van der Waals surface area contributed by atoms with Crippen LogP contribution in [0.3, 0.4) is 0 Å². The van der Waals surface area contributed by atoms with Crippen LogP contribution in [0.15, 0.2) is 60.7 Å². The number of carbonyl (C=O) groups excluding carboxylic acids is 1. The van der Waals surface area contributed by atoms with Crippen LogP contribution in [0.2, 0.25) is 0 Å². The molecule has 3 aromatic rings. The summed E-state index contributed by atoms with van der Waals surface area (Å²) in [6.07, 6.45) is 1.45. The van der Waals surface area contributed by atoms with Crippen LogP contribution in [0, 0.1) is 5.82 Å². The molecule has 0 aromatic heterocycles. The predicted molar refractivity (Wildman–Crippen MR) is 128 cm³/mol. The molecular weight excluding hydrogens is 492 g/mol. The lowest BCUT2D eigenvalue weighted by molar-refractivity contribution is -0.253. The van der Waals surface area contributed by atoms with Crippen LogP contribution in [0.5, 0.6) is 11.5 Å². The Morgan fingerprint density at radius 3 is 2.36 bits per heavy atom. The third kappa shape index (κ3) is 4.74. The van der Waals surface area contributed by atoms with Crippen molar-refractivity contribution < 1.29 is 42.1 Å². The van der Waals surface area contributed by atoms with Crippen LogP contribution in [0.25, 0.3) is 22.3 Å². The zero-order chi connectivity index (χ0) is 25.3. The second-order valence-electron chi connectivity index (χ2n) is 8.19. The van der Waals surface area contributed by atoms with Gasteiger partial charge in [-0.2, -0.15) is 0 Å². The van der Waals surface area contributed by atoms with Crippen LogP contribution in [0.4, 0.5) is 10.1 Å². The van der Waals surface area contributed by atoms with Crippen molar-refractivity contribution in [2.24, 2.45) is 0 Å². The number of halogens is 1. The van der Waals surface area contributed by atoms with Crippen molar-refractivity contribution >= 4 is 19.5 Å². The summed E-state index contributed by atoms with van der Waals surface area (Å²) < 4.78 is 46.6. The fourth-order valence-corrected chi connectivity index (χ4v) is 5.36. The SMILES string of the molecule is COOP(=O)(OOC)Oc1ccc(-c2ccc3cc2N2CCCC2C(=O)Oc2cc(F)ccc2-3)cc1. The van der Waals surface area contributed by atoms with E-state index in [1.165, 1.54) is 12.1 Å². The number of ether oxygens (including phenoxy) is 1. The van der Waals surface area contributed by atoms with Crippen LogP contribution >= 0.6 is 7.82 Å². The van der Waals surface area contributed by atoms with Gasteiger partial charge in [0.15, 0.2) is 0 Å². The average Bonchev–Trinajstić information content (AvgIpc) is 3.35. The summed E-state index contributed by atoms with van der Waals surface area (Å²) in [5.74, 6) is -0.483. The number of phosphoric acid groups is 1. The first-order valence-corrected chi connectivity index (χ1v) is 12.6. The third-order valence-corrected chi connectivity index (χ3v) is 7.11. The largest absolute Gasteiger partial charge is 0.585 e. The molecule has 2 heterocycles. The maximum Gasteiger partial charge on any atom is 0.585 e. The summed E-state index contributed by atoms with van der Waals surface area (Å²) in [4.78, 5) is 23.9. The van der Waals surface area contributed by atoms with Crippen molar-refractivity contribution in [3.05, 3.63) is 66.5 Å². The molecule has 2 aliphatic heterocycles. The molecule has 0 amide bonds. The number of nitrogens with zero attached hydrogens (tertiary/aromatic N) is 1. The minimum absolute atomic E-state index is 0.200. The summed E-state index contributed by atoms with van der Waals surface area (Å²) in [6.45, 7) is 0.675. The van der Waals surface area contributed by atoms with Crippen molar-refractivity contribution in [2.45, 2.75) is 18.9 Å². The van der Waals surface area contributed by atoms with Gasteiger partial charge >= 0.3 is 13.8 Å². The standard InChI is InChI=1S/C25H23FNO8P/c1-30-34-36(29,35-31-2)33-19-9-5-16(6-10-19)20-11-7-17-14-23(20)27-13-3-4-22(27)25(28)32-24-15-18(26)8-12-21(17)24/h5-12,14-15,22H,3-4,13H2,1-2H3. The van der Waals surface area contributed by atoms with Gasteiger partial charge in [-0.05, 0) is 54.3 Å². The van der Waals surface area contributed by atoms with Crippen LogP contribution in [-0.2, 0) is 28.5 Å². The highest BCUT2D eigenvalue weighted by molar-refractivity contribution is 7.48. The highest BCUT2D eigenvalue weighted by Gasteiger charge is 2.36. The Morgan fingerprint density at radius 2 is 1.64 bits per heavy atom. The van der Waals surface area contributed by atoms with Crippen LogP contribution in [-0.4, -0.2) is 32.8 Å². The van der Waals surface area contributed by atoms with E-state index < -0.39 is 25.7 Å². The molecule has 0 saturated carbocycles. The molecule has 0 spiro atoms. The summed E-state index contributed by atoms with van der Waals surface area (Å²) in [5, 5.41) is 0. The lowest BCUT2D eigenvalue weighted by atomic mass is 9.97. The molecule has 36 heavy (non-hydrogen) atoms. The molecule has 1 unspecified atom stereocenters. The van der Waals surface area contributed by atoms with E-state index in [1.807, 2.05) is 23.1 Å². The minimum Gasteiger partial charge on any atom is -0.424 e. The van der Waals surface area contributed by atoms with Gasteiger partial charge in [0.1, 0.15) is 23.4 Å². The quantitative estimate of drug-likeness (QED) is 0.129. The first kappa shape index (κ1) is 24.4. The van der Waals surface area contributed by atoms with Gasteiger partial charge in [-0.15, -0.1) is 9.35 Å². The van der Waals surface area contributed by atoms with E-state index in [0.29, 0.717) is 18.5 Å². The van der Waals surface area contributed by atoms with E-state index in [0.717, 1.165) is 43.0 Å². The summed E-state index contributed by atoms with van der Waals surface area (Å²) in [7, 11) is -1.82. The molecular formula is C25H23FNO8P. The van der Waals surface area contributed by atoms with E-state index in [1.54, 1.807) is 30.3 Å². The molecule has 1 saturated heterocycles. The Labute approximate surface area is 206 Å². The third-order valence-electron chi connectivity index (χ3n) is 6.01. The van der Waals surface area contributed by atoms with Crippen LogP contribution < -0.4 is 14.2 Å². The van der Waals surface area contributed by atoms with Gasteiger partial charge < -0.3 is 14.2 Å². The monoisotopic (exact) mass is 515 g/mol. The van der Waals surface area contributed by atoms with Gasteiger partial charge in [-0.25, -0.2) is 23.5 Å². The molecule has 5 rings (SSSR count). The topological polar surface area (TPSA) is 92.8 Å². The van der Waals surface area contributed by atoms with Crippen LogP contribution in [0.1, 0.15) is 12.8 Å². The number of carbonyl (C=O) groups is 1. The molecule has 2 aliphatic rings. The number of hydrogen-bond acceptors (Lipinski definition) is 9. The van der Waals surface area contributed by atoms with E-state index in [2.05, 4.69) is 19.1 Å². The van der Waals surface area contributed by atoms with E-state index >= 15 is 0 Å². The average molecular weight is 515 g/mol. The van der Waals surface area contributed by atoms with Crippen molar-refractivity contribution in [3.8, 4) is 33.8 Å². The summed E-state index contributed by atoms with van der Waals surface area (Å²) in [5.41, 5.74) is 4.00. The minimum atomic E-state index is -4.14. The Balaban J connectivity index is 1.54. The molecule has 0 N–H and O–H groups in total. The molecule has 1 atom stereocenters. The molecule has 3 aromatic carbocycles. The molecule has 1 fully saturated rings. The number of esters is 1. The Hall–Kier alpha value is -3.27. The fraction of sp³-hybridized carbons (Fsp3) is 0.240. The molecule has 11 heteroatoms. The normalized spacial score (nSPS) is 16.9. The first-order valence-electron chi connectivity index (χ1n) is 11.2. The number of fused-ring (bicyclic) bond motifs is 6. The first-order chi connectivity index (χ1) is 17.4. The van der Waals surface area contributed by atoms with Gasteiger partial charge in [0.2, 0.25) is 0 Å². The van der Waals surface area contributed by atoms with Crippen molar-refractivity contribution in [1.29, 1.82) is 0 Å². The molecule has 0 aliphatic carbocycles. The van der Waals surface area contributed by atoms with Gasteiger partial charge in [0.05, 0.1) is 14.2 Å². The van der Waals surface area contributed by atoms with Crippen molar-refractivity contribution in [1.82, 2.24) is 0 Å². The highest BCUT2D eigenvalue weighted by Crippen LogP contribution is 2.50. The Kier molecular flexibility index (Phi) is 6.79. The van der Waals surface area contributed by atoms with Crippen molar-refractivity contribution in [2.75, 3.05) is 25.7 Å². The maximum absolute atomic E-state index is 13.9. The second kappa shape index (κ2) is 10.0. The van der Waals surface area contributed by atoms with E-state index in [-0.39, 0.29) is 11.5 Å². The number of hydrogen-bond donors (Lipinski definition) is 0. The van der Waals surface area contributed by atoms with Gasteiger partial charge in [0.25, 0.3) is 0 Å². The number of benzene rings is 3. The van der Waals surface area contributed by atoms with E-state index in [4.69, 9.17) is 9.26 Å². The maximum atomic E-state index is 13.9.